The minimum absolute atomic E-state index is 0.143. The third kappa shape index (κ3) is 3.39. The van der Waals surface area contributed by atoms with E-state index in [1.54, 1.807) is 0 Å². The molecule has 1 N–H and O–H groups in total. The first kappa shape index (κ1) is 17.8. The van der Waals surface area contributed by atoms with E-state index < -0.39 is 51.4 Å². The van der Waals surface area contributed by atoms with Crippen LogP contribution in [0.1, 0.15) is 26.5 Å². The fourth-order valence-electron chi connectivity index (χ4n) is 1.90. The average Bonchev–Trinajstić information content (AvgIpc) is 3.02. The number of carbonyl (C=O) groups excluding carboxylic acids is 1. The topological polar surface area (TPSA) is 137 Å². The molecule has 0 fully saturated rings. The van der Waals surface area contributed by atoms with E-state index in [4.69, 9.17) is 5.11 Å². The summed E-state index contributed by atoms with van der Waals surface area (Å²) in [6.07, 6.45) is -4.38. The Morgan fingerprint density at radius 3 is 2.44 bits per heavy atom. The molecule has 0 amide bonds. The maximum Gasteiger partial charge on any atom is 0.418 e. The van der Waals surface area contributed by atoms with Gasteiger partial charge in [0.25, 0.3) is 11.5 Å². The molecule has 0 aliphatic heterocycles. The molecule has 132 valence electrons. The lowest BCUT2D eigenvalue weighted by molar-refractivity contribution is -0.385. The van der Waals surface area contributed by atoms with E-state index in [9.17, 15) is 32.9 Å². The second-order valence-corrected chi connectivity index (χ2v) is 4.45. The van der Waals surface area contributed by atoms with Gasteiger partial charge in [0.05, 0.1) is 23.3 Å². The van der Waals surface area contributed by atoms with E-state index in [1.165, 1.54) is 0 Å². The van der Waals surface area contributed by atoms with Crippen molar-refractivity contribution < 1.29 is 37.5 Å². The molecular formula is C12H7F3N4O6. The lowest BCUT2D eigenvalue weighted by Crippen LogP contribution is -2.15. The summed E-state index contributed by atoms with van der Waals surface area (Å²) < 4.78 is 44.5. The fraction of sp³-hybridized carbons (Fsp3) is 0.167. The number of hydrogen-bond acceptors (Lipinski definition) is 7. The Bertz CT molecular complexity index is 876. The number of nitrogens with zero attached hydrogens (tertiary/aromatic N) is 4. The third-order valence-corrected chi connectivity index (χ3v) is 2.95. The van der Waals surface area contributed by atoms with E-state index in [2.05, 4.69) is 14.8 Å². The van der Waals surface area contributed by atoms with Gasteiger partial charge in [0, 0.05) is 6.07 Å². The predicted octanol–water partition coefficient (Wildman–Crippen LogP) is 1.68. The van der Waals surface area contributed by atoms with Crippen molar-refractivity contribution >= 4 is 17.6 Å². The molecule has 0 unspecified atom stereocenters. The molecule has 0 radical (unpaired) electrons. The van der Waals surface area contributed by atoms with Gasteiger partial charge in [-0.3, -0.25) is 10.1 Å². The number of ether oxygens (including phenoxy) is 1. The first-order valence-corrected chi connectivity index (χ1v) is 6.19. The maximum absolute atomic E-state index is 13.2. The van der Waals surface area contributed by atoms with E-state index in [-0.39, 0.29) is 6.07 Å². The van der Waals surface area contributed by atoms with Crippen molar-refractivity contribution in [2.45, 2.75) is 6.18 Å². The molecule has 2 rings (SSSR count). The van der Waals surface area contributed by atoms with Gasteiger partial charge < -0.3 is 9.84 Å². The molecule has 2 aromatic rings. The summed E-state index contributed by atoms with van der Waals surface area (Å²) >= 11 is 0. The molecule has 0 bridgehead atoms. The number of carboxylic acid groups (broad SMARTS) is 1. The minimum Gasteiger partial charge on any atom is -0.475 e. The van der Waals surface area contributed by atoms with E-state index in [0.717, 1.165) is 7.11 Å². The van der Waals surface area contributed by atoms with Crippen LogP contribution < -0.4 is 0 Å². The van der Waals surface area contributed by atoms with Gasteiger partial charge in [0.1, 0.15) is 11.9 Å². The van der Waals surface area contributed by atoms with Gasteiger partial charge >= 0.3 is 18.1 Å². The highest BCUT2D eigenvalue weighted by atomic mass is 19.4. The summed E-state index contributed by atoms with van der Waals surface area (Å²) in [7, 11) is 0.890. The van der Waals surface area contributed by atoms with Crippen LogP contribution in [-0.2, 0) is 10.9 Å². The van der Waals surface area contributed by atoms with Gasteiger partial charge in [-0.05, 0) is 6.07 Å². The summed E-state index contributed by atoms with van der Waals surface area (Å²) in [5, 5.41) is 23.1. The number of aromatic carboxylic acids is 1. The average molecular weight is 360 g/mol. The van der Waals surface area contributed by atoms with Crippen LogP contribution in [0.3, 0.4) is 0 Å². The molecule has 0 spiro atoms. The fourth-order valence-corrected chi connectivity index (χ4v) is 1.90. The van der Waals surface area contributed by atoms with Crippen molar-refractivity contribution in [1.82, 2.24) is 14.8 Å². The smallest absolute Gasteiger partial charge is 0.418 e. The summed E-state index contributed by atoms with van der Waals surface area (Å²) in [4.78, 5) is 35.5. The Morgan fingerprint density at radius 2 is 2.00 bits per heavy atom. The van der Waals surface area contributed by atoms with Gasteiger partial charge in [0.15, 0.2) is 0 Å². The van der Waals surface area contributed by atoms with Crippen LogP contribution in [0, 0.1) is 10.1 Å². The Labute approximate surface area is 135 Å². The zero-order chi connectivity index (χ0) is 18.9. The van der Waals surface area contributed by atoms with E-state index in [0.29, 0.717) is 17.1 Å². The zero-order valence-corrected chi connectivity index (χ0v) is 12.1. The van der Waals surface area contributed by atoms with Gasteiger partial charge in [-0.25, -0.2) is 19.3 Å². The molecule has 1 heterocycles. The number of nitro benzene ring substituents is 1. The monoisotopic (exact) mass is 360 g/mol. The molecular weight excluding hydrogens is 353 g/mol. The lowest BCUT2D eigenvalue weighted by Gasteiger charge is -2.14. The quantitative estimate of drug-likeness (QED) is 0.494. The molecule has 13 heteroatoms. The largest absolute Gasteiger partial charge is 0.475 e. The standard InChI is InChI=1S/C12H7F3N4O6/c1-25-11(22)5-2-8(18-4-16-9(17-18)10(20)21)6(12(13,14)15)3-7(5)19(23)24/h2-4H,1H3,(H,20,21). The summed E-state index contributed by atoms with van der Waals surface area (Å²) in [6.45, 7) is 0. The van der Waals surface area contributed by atoms with Gasteiger partial charge in [0.2, 0.25) is 0 Å². The van der Waals surface area contributed by atoms with Crippen molar-refractivity contribution in [3.63, 3.8) is 0 Å². The number of esters is 1. The van der Waals surface area contributed by atoms with Crippen molar-refractivity contribution in [3.05, 3.63) is 45.5 Å². The zero-order valence-electron chi connectivity index (χ0n) is 12.1. The number of hydrogen-bond donors (Lipinski definition) is 1. The number of rotatable bonds is 4. The van der Waals surface area contributed by atoms with E-state index >= 15 is 0 Å². The normalized spacial score (nSPS) is 11.2. The number of benzene rings is 1. The summed E-state index contributed by atoms with van der Waals surface area (Å²) in [5.41, 5.74) is -4.21. The van der Waals surface area contributed by atoms with Crippen LogP contribution in [0.25, 0.3) is 5.69 Å². The van der Waals surface area contributed by atoms with Crippen LogP contribution in [0.2, 0.25) is 0 Å². The number of methoxy groups -OCH3 is 1. The number of carboxylic acids is 1. The Hall–Kier alpha value is -3.51. The Balaban J connectivity index is 2.81. The van der Waals surface area contributed by atoms with Crippen molar-refractivity contribution in [1.29, 1.82) is 0 Å². The third-order valence-electron chi connectivity index (χ3n) is 2.95. The molecule has 0 aliphatic carbocycles. The Morgan fingerprint density at radius 1 is 1.36 bits per heavy atom. The van der Waals surface area contributed by atoms with Crippen LogP contribution in [0.4, 0.5) is 18.9 Å². The summed E-state index contributed by atoms with van der Waals surface area (Å²) in [6, 6.07) is 0.677. The molecule has 1 aromatic carbocycles. The second kappa shape index (κ2) is 6.18. The number of nitro groups is 1. The first-order chi connectivity index (χ1) is 11.6. The van der Waals surface area contributed by atoms with Crippen LogP contribution in [0.15, 0.2) is 18.5 Å². The van der Waals surface area contributed by atoms with Crippen molar-refractivity contribution in [2.24, 2.45) is 0 Å². The van der Waals surface area contributed by atoms with E-state index in [1.807, 2.05) is 0 Å². The SMILES string of the molecule is COC(=O)c1cc(-n2cnc(C(=O)O)n2)c(C(F)(F)F)cc1[N+](=O)[O-]. The van der Waals surface area contributed by atoms with Crippen molar-refractivity contribution in [2.75, 3.05) is 7.11 Å². The molecule has 10 nitrogen and oxygen atoms in total. The number of halogens is 3. The van der Waals surface area contributed by atoms with Gasteiger partial charge in [-0.15, -0.1) is 5.10 Å². The highest BCUT2D eigenvalue weighted by molar-refractivity contribution is 5.95. The Kier molecular flexibility index (Phi) is 4.41. The number of aromatic nitrogens is 3. The molecule has 0 aliphatic rings. The second-order valence-electron chi connectivity index (χ2n) is 4.45. The summed E-state index contributed by atoms with van der Waals surface area (Å²) in [5.74, 6) is -3.64. The number of carbonyl (C=O) groups is 2. The van der Waals surface area contributed by atoms with Crippen LogP contribution in [-0.4, -0.2) is 43.8 Å². The first-order valence-electron chi connectivity index (χ1n) is 6.19. The minimum atomic E-state index is -5.05. The molecule has 25 heavy (non-hydrogen) atoms. The molecule has 0 atom stereocenters. The lowest BCUT2D eigenvalue weighted by atomic mass is 10.1. The van der Waals surface area contributed by atoms with Crippen molar-refractivity contribution in [3.8, 4) is 5.69 Å². The highest BCUT2D eigenvalue weighted by Gasteiger charge is 2.38. The maximum atomic E-state index is 13.2. The van der Waals surface area contributed by atoms with Gasteiger partial charge in [-0.1, -0.05) is 0 Å². The van der Waals surface area contributed by atoms with Crippen LogP contribution in [0.5, 0.6) is 0 Å². The molecule has 0 saturated heterocycles. The predicted molar refractivity (Wildman–Crippen MR) is 71.3 cm³/mol. The van der Waals surface area contributed by atoms with Gasteiger partial charge in [-0.2, -0.15) is 13.2 Å². The number of alkyl halides is 3. The van der Waals surface area contributed by atoms with Crippen LogP contribution >= 0.6 is 0 Å². The highest BCUT2D eigenvalue weighted by Crippen LogP contribution is 2.37. The molecule has 0 saturated carbocycles. The molecule has 1 aromatic heterocycles.